The van der Waals surface area contributed by atoms with Crippen molar-refractivity contribution in [2.24, 2.45) is 5.73 Å². The van der Waals surface area contributed by atoms with Crippen LogP contribution in [0.4, 0.5) is 0 Å². The number of nitrogens with one attached hydrogen (secondary N) is 1. The number of fused-ring (bicyclic) bond motifs is 1. The van der Waals surface area contributed by atoms with Gasteiger partial charge in [-0.15, -0.1) is 0 Å². The zero-order valence-corrected chi connectivity index (χ0v) is 12.4. The van der Waals surface area contributed by atoms with Crippen molar-refractivity contribution in [3.63, 3.8) is 0 Å². The van der Waals surface area contributed by atoms with Crippen LogP contribution < -0.4 is 5.73 Å². The number of hydrogen-bond acceptors (Lipinski definition) is 4. The number of H-pyrrole nitrogens is 1. The third-order valence-electron chi connectivity index (χ3n) is 3.42. The van der Waals surface area contributed by atoms with E-state index in [9.17, 15) is 9.59 Å². The number of carbonyl (C=O) groups is 2. The van der Waals surface area contributed by atoms with Crippen LogP contribution in [0.5, 0.6) is 0 Å². The van der Waals surface area contributed by atoms with Gasteiger partial charge in [-0.3, -0.25) is 9.59 Å². The summed E-state index contributed by atoms with van der Waals surface area (Å²) in [5.41, 5.74) is 9.30. The molecule has 0 fully saturated rings. The molecule has 6 heteroatoms. The minimum Gasteiger partial charge on any atom is -0.366 e. The maximum absolute atomic E-state index is 11.3. The van der Waals surface area contributed by atoms with E-state index < -0.39 is 5.91 Å². The molecular formula is C17H14N4O2. The van der Waals surface area contributed by atoms with Crippen molar-refractivity contribution in [3.05, 3.63) is 53.9 Å². The summed E-state index contributed by atoms with van der Waals surface area (Å²) in [6, 6.07) is 7.18. The molecule has 3 N–H and O–H groups in total. The second-order valence-corrected chi connectivity index (χ2v) is 5.07. The first kappa shape index (κ1) is 14.6. The van der Waals surface area contributed by atoms with E-state index in [1.54, 1.807) is 30.6 Å². The Morgan fingerprint density at radius 1 is 1.22 bits per heavy atom. The van der Waals surface area contributed by atoms with Crippen LogP contribution in [-0.4, -0.2) is 26.6 Å². The molecule has 6 nitrogen and oxygen atoms in total. The highest BCUT2D eigenvalue weighted by molar-refractivity contribution is 5.95. The Labute approximate surface area is 132 Å². The topological polar surface area (TPSA) is 102 Å². The minimum absolute atomic E-state index is 0.0163. The monoisotopic (exact) mass is 306 g/mol. The van der Waals surface area contributed by atoms with Crippen LogP contribution in [0.1, 0.15) is 22.8 Å². The quantitative estimate of drug-likeness (QED) is 0.570. The Balaban J connectivity index is 2.03. The molecule has 1 aromatic carbocycles. The standard InChI is InChI=1S/C17H14N4O2/c1-10(22)11-2-4-12(5-3-11)14-9-20-17-16(21-14)13(8-19-17)6-7-15(18)23/h2-9H,1H3,(H2,18,23)(H,19,20). The van der Waals surface area contributed by atoms with Crippen LogP contribution in [0.2, 0.25) is 0 Å². The first-order valence-electron chi connectivity index (χ1n) is 6.97. The number of ketones is 1. The third kappa shape index (κ3) is 3.01. The Morgan fingerprint density at radius 3 is 2.61 bits per heavy atom. The molecule has 2 heterocycles. The molecule has 0 radical (unpaired) electrons. The minimum atomic E-state index is -0.525. The lowest BCUT2D eigenvalue weighted by Crippen LogP contribution is -2.05. The molecule has 0 atom stereocenters. The third-order valence-corrected chi connectivity index (χ3v) is 3.42. The number of rotatable bonds is 4. The van der Waals surface area contributed by atoms with E-state index in [1.807, 2.05) is 12.1 Å². The molecule has 0 bridgehead atoms. The number of aromatic nitrogens is 3. The molecule has 0 aliphatic rings. The lowest BCUT2D eigenvalue weighted by atomic mass is 10.1. The van der Waals surface area contributed by atoms with E-state index in [-0.39, 0.29) is 5.78 Å². The number of carbonyl (C=O) groups excluding carboxylic acids is 2. The van der Waals surface area contributed by atoms with Crippen LogP contribution in [0.15, 0.2) is 42.7 Å². The van der Waals surface area contributed by atoms with Crippen LogP contribution in [0.3, 0.4) is 0 Å². The van der Waals surface area contributed by atoms with Gasteiger partial charge in [0.25, 0.3) is 0 Å². The van der Waals surface area contributed by atoms with Gasteiger partial charge in [-0.05, 0) is 13.0 Å². The Morgan fingerprint density at radius 2 is 1.96 bits per heavy atom. The first-order chi connectivity index (χ1) is 11.0. The molecule has 0 unspecified atom stereocenters. The molecule has 23 heavy (non-hydrogen) atoms. The number of primary amides is 1. The van der Waals surface area contributed by atoms with Crippen molar-refractivity contribution in [3.8, 4) is 11.3 Å². The van der Waals surface area contributed by atoms with Crippen molar-refractivity contribution in [1.29, 1.82) is 0 Å². The van der Waals surface area contributed by atoms with Crippen LogP contribution in [0.25, 0.3) is 28.5 Å². The smallest absolute Gasteiger partial charge is 0.241 e. The fraction of sp³-hybridized carbons (Fsp3) is 0.0588. The van der Waals surface area contributed by atoms with Crippen molar-refractivity contribution in [2.75, 3.05) is 0 Å². The number of Topliss-reactive ketones (excluding diaryl/α,β-unsaturated/α-hetero) is 1. The van der Waals surface area contributed by atoms with Gasteiger partial charge in [0.05, 0.1) is 11.9 Å². The first-order valence-corrected chi connectivity index (χ1v) is 6.97. The number of nitrogens with two attached hydrogens (primary N) is 1. The summed E-state index contributed by atoms with van der Waals surface area (Å²) >= 11 is 0. The molecule has 114 valence electrons. The van der Waals surface area contributed by atoms with Crippen molar-refractivity contribution >= 4 is 28.9 Å². The van der Waals surface area contributed by atoms with Gasteiger partial charge in [-0.25, -0.2) is 9.97 Å². The van der Waals surface area contributed by atoms with Crippen molar-refractivity contribution < 1.29 is 9.59 Å². The molecule has 0 aliphatic heterocycles. The highest BCUT2D eigenvalue weighted by Gasteiger charge is 2.08. The predicted octanol–water partition coefficient (Wildman–Crippen LogP) is 2.33. The van der Waals surface area contributed by atoms with Gasteiger partial charge in [-0.2, -0.15) is 0 Å². The van der Waals surface area contributed by atoms with E-state index in [0.717, 1.165) is 11.1 Å². The average Bonchev–Trinajstić information content (AvgIpc) is 2.95. The van der Waals surface area contributed by atoms with E-state index in [4.69, 9.17) is 5.73 Å². The van der Waals surface area contributed by atoms with Gasteiger partial charge in [0.2, 0.25) is 5.91 Å². The number of hydrogen-bond donors (Lipinski definition) is 2. The Bertz CT molecular complexity index is 923. The zero-order chi connectivity index (χ0) is 16.4. The van der Waals surface area contributed by atoms with Crippen molar-refractivity contribution in [1.82, 2.24) is 15.0 Å². The lowest BCUT2D eigenvalue weighted by Gasteiger charge is -2.02. The summed E-state index contributed by atoms with van der Waals surface area (Å²) < 4.78 is 0. The fourth-order valence-electron chi connectivity index (χ4n) is 2.22. The molecule has 3 aromatic rings. The highest BCUT2D eigenvalue weighted by Crippen LogP contribution is 2.22. The maximum atomic E-state index is 11.3. The maximum Gasteiger partial charge on any atom is 0.241 e. The summed E-state index contributed by atoms with van der Waals surface area (Å²) in [7, 11) is 0. The second kappa shape index (κ2) is 5.84. The Kier molecular flexibility index (Phi) is 3.72. The van der Waals surface area contributed by atoms with Gasteiger partial charge in [0.15, 0.2) is 11.4 Å². The van der Waals surface area contributed by atoms with E-state index >= 15 is 0 Å². The van der Waals surface area contributed by atoms with Crippen LogP contribution in [0, 0.1) is 0 Å². The van der Waals surface area contributed by atoms with E-state index in [2.05, 4.69) is 15.0 Å². The molecule has 0 aliphatic carbocycles. The molecule has 0 saturated carbocycles. The number of aromatic amines is 1. The van der Waals surface area contributed by atoms with Crippen LogP contribution >= 0.6 is 0 Å². The predicted molar refractivity (Wildman–Crippen MR) is 87.6 cm³/mol. The molecule has 0 saturated heterocycles. The zero-order valence-electron chi connectivity index (χ0n) is 12.4. The van der Waals surface area contributed by atoms with Crippen molar-refractivity contribution in [2.45, 2.75) is 6.92 Å². The van der Waals surface area contributed by atoms with Gasteiger partial charge in [0, 0.05) is 29.0 Å². The van der Waals surface area contributed by atoms with Gasteiger partial charge in [-0.1, -0.05) is 24.3 Å². The Hall–Kier alpha value is -3.28. The van der Waals surface area contributed by atoms with Gasteiger partial charge < -0.3 is 10.7 Å². The highest BCUT2D eigenvalue weighted by atomic mass is 16.1. The van der Waals surface area contributed by atoms with E-state index in [1.165, 1.54) is 13.0 Å². The average molecular weight is 306 g/mol. The number of benzene rings is 1. The summed E-state index contributed by atoms with van der Waals surface area (Å²) in [5.74, 6) is -0.508. The van der Waals surface area contributed by atoms with Crippen LogP contribution in [-0.2, 0) is 4.79 Å². The summed E-state index contributed by atoms with van der Waals surface area (Å²) in [5, 5.41) is 0. The SMILES string of the molecule is CC(=O)c1ccc(-c2cnc3[nH]cc(C=CC(N)=O)c3n2)cc1. The summed E-state index contributed by atoms with van der Waals surface area (Å²) in [4.78, 5) is 34.1. The fourth-order valence-corrected chi connectivity index (χ4v) is 2.22. The van der Waals surface area contributed by atoms with E-state index in [0.29, 0.717) is 22.4 Å². The molecule has 0 spiro atoms. The molecular weight excluding hydrogens is 292 g/mol. The molecule has 3 rings (SSSR count). The van der Waals surface area contributed by atoms with Gasteiger partial charge in [0.1, 0.15) is 5.52 Å². The summed E-state index contributed by atoms with van der Waals surface area (Å²) in [6.45, 7) is 1.53. The molecule has 1 amide bonds. The number of nitrogens with zero attached hydrogens (tertiary/aromatic N) is 2. The summed E-state index contributed by atoms with van der Waals surface area (Å²) in [6.07, 6.45) is 6.24. The number of amides is 1. The molecule has 2 aromatic heterocycles. The largest absolute Gasteiger partial charge is 0.366 e. The second-order valence-electron chi connectivity index (χ2n) is 5.07. The van der Waals surface area contributed by atoms with Gasteiger partial charge >= 0.3 is 0 Å². The lowest BCUT2D eigenvalue weighted by molar-refractivity contribution is -0.113. The normalized spacial score (nSPS) is 11.2.